The molecular formula is C21H28N6O. The lowest BCUT2D eigenvalue weighted by molar-refractivity contribution is -0.146. The van der Waals surface area contributed by atoms with Crippen molar-refractivity contribution in [3.63, 3.8) is 0 Å². The van der Waals surface area contributed by atoms with Crippen LogP contribution in [-0.4, -0.2) is 39.0 Å². The summed E-state index contributed by atoms with van der Waals surface area (Å²) in [6, 6.07) is 5.70. The molecule has 7 nitrogen and oxygen atoms in total. The minimum Gasteiger partial charge on any atom is -0.367 e. The van der Waals surface area contributed by atoms with E-state index in [2.05, 4.69) is 25.9 Å². The summed E-state index contributed by atoms with van der Waals surface area (Å²) >= 11 is 0. The molecule has 0 unspecified atom stereocenters. The predicted octanol–water partition coefficient (Wildman–Crippen LogP) is 2.72. The Hall–Kier alpha value is -2.44. The van der Waals surface area contributed by atoms with E-state index < -0.39 is 0 Å². The van der Waals surface area contributed by atoms with E-state index in [1.165, 1.54) is 19.3 Å². The Labute approximate surface area is 165 Å². The highest BCUT2D eigenvalue weighted by atomic mass is 16.2. The van der Waals surface area contributed by atoms with Crippen molar-refractivity contribution in [3.05, 3.63) is 30.1 Å². The van der Waals surface area contributed by atoms with Gasteiger partial charge in [0.25, 0.3) is 0 Å². The molecule has 0 saturated heterocycles. The molecule has 0 atom stereocenters. The van der Waals surface area contributed by atoms with E-state index in [-0.39, 0.29) is 11.3 Å². The van der Waals surface area contributed by atoms with Gasteiger partial charge in [-0.2, -0.15) is 5.10 Å². The summed E-state index contributed by atoms with van der Waals surface area (Å²) in [4.78, 5) is 12.9. The number of anilines is 1. The first kappa shape index (κ1) is 17.6. The van der Waals surface area contributed by atoms with Gasteiger partial charge in [0.05, 0.1) is 5.69 Å². The number of amides is 1. The summed E-state index contributed by atoms with van der Waals surface area (Å²) in [7, 11) is 0. The van der Waals surface area contributed by atoms with E-state index in [0.29, 0.717) is 24.7 Å². The molecule has 2 N–H and O–H groups in total. The number of hydrogen-bond acceptors (Lipinski definition) is 5. The molecular weight excluding hydrogens is 352 g/mol. The van der Waals surface area contributed by atoms with Gasteiger partial charge in [-0.1, -0.05) is 0 Å². The topological polar surface area (TPSA) is 84.7 Å². The van der Waals surface area contributed by atoms with Crippen LogP contribution >= 0.6 is 0 Å². The highest BCUT2D eigenvalue weighted by Crippen LogP contribution is 2.60. The van der Waals surface area contributed by atoms with Gasteiger partial charge >= 0.3 is 0 Å². The fraction of sp³-hybridized carbons (Fsp3) is 0.619. The summed E-state index contributed by atoms with van der Waals surface area (Å²) in [5, 5.41) is 19.2. The van der Waals surface area contributed by atoms with Crippen LogP contribution in [0.2, 0.25) is 0 Å². The first-order chi connectivity index (χ1) is 13.6. The number of nitrogens with zero attached hydrogens (tertiary/aromatic N) is 4. The second-order valence-corrected chi connectivity index (χ2v) is 9.06. The summed E-state index contributed by atoms with van der Waals surface area (Å²) in [5.74, 6) is 4.06. The molecule has 148 valence electrons. The number of hydrogen-bond donors (Lipinski definition) is 2. The molecule has 4 aliphatic carbocycles. The maximum absolute atomic E-state index is 12.9. The number of rotatable bonds is 6. The van der Waals surface area contributed by atoms with Gasteiger partial charge in [-0.3, -0.25) is 4.79 Å². The zero-order valence-corrected chi connectivity index (χ0v) is 16.4. The van der Waals surface area contributed by atoms with Crippen molar-refractivity contribution in [2.75, 3.05) is 18.4 Å². The van der Waals surface area contributed by atoms with Crippen LogP contribution in [0.4, 0.5) is 5.82 Å². The number of aromatic nitrogens is 4. The van der Waals surface area contributed by atoms with Gasteiger partial charge in [0.1, 0.15) is 5.82 Å². The van der Waals surface area contributed by atoms with Gasteiger partial charge in [-0.25, -0.2) is 4.68 Å². The molecule has 4 fully saturated rings. The molecule has 6 rings (SSSR count). The van der Waals surface area contributed by atoms with E-state index in [1.807, 2.05) is 31.3 Å². The third-order valence-electron chi connectivity index (χ3n) is 6.84. The molecule has 4 saturated carbocycles. The van der Waals surface area contributed by atoms with Crippen molar-refractivity contribution in [2.24, 2.45) is 23.2 Å². The summed E-state index contributed by atoms with van der Waals surface area (Å²) in [6.45, 7) is 3.20. The van der Waals surface area contributed by atoms with Crippen LogP contribution in [0.1, 0.15) is 44.2 Å². The summed E-state index contributed by atoms with van der Waals surface area (Å²) in [5.41, 5.74) is 0.872. The molecule has 7 heteroatoms. The fourth-order valence-electron chi connectivity index (χ4n) is 6.03. The molecule has 1 amide bonds. The van der Waals surface area contributed by atoms with Crippen LogP contribution in [0.3, 0.4) is 0 Å². The van der Waals surface area contributed by atoms with Gasteiger partial charge in [0, 0.05) is 24.7 Å². The van der Waals surface area contributed by atoms with Crippen molar-refractivity contribution in [2.45, 2.75) is 45.4 Å². The van der Waals surface area contributed by atoms with Crippen LogP contribution in [0.25, 0.3) is 5.82 Å². The SMILES string of the molecule is Cc1ccn(-c2ccc(NCCNC(=O)C34CC5CC(CC(C5)C3)C4)nn2)n1. The number of carbonyl (C=O) groups excluding carboxylic acids is 1. The Morgan fingerprint density at radius 3 is 2.36 bits per heavy atom. The second-order valence-electron chi connectivity index (χ2n) is 9.06. The number of nitrogens with one attached hydrogen (secondary N) is 2. The van der Waals surface area contributed by atoms with E-state index in [4.69, 9.17) is 0 Å². The van der Waals surface area contributed by atoms with Crippen LogP contribution in [0, 0.1) is 30.1 Å². The van der Waals surface area contributed by atoms with E-state index in [9.17, 15) is 4.79 Å². The van der Waals surface area contributed by atoms with E-state index in [0.717, 1.165) is 42.7 Å². The van der Waals surface area contributed by atoms with Gasteiger partial charge in [0.2, 0.25) is 5.91 Å². The van der Waals surface area contributed by atoms with Gasteiger partial charge in [-0.15, -0.1) is 10.2 Å². The minimum absolute atomic E-state index is 0.0713. The first-order valence-corrected chi connectivity index (χ1v) is 10.5. The number of carbonyl (C=O) groups is 1. The van der Waals surface area contributed by atoms with Crippen LogP contribution < -0.4 is 10.6 Å². The molecule has 28 heavy (non-hydrogen) atoms. The molecule has 0 aromatic carbocycles. The molecule has 0 aliphatic heterocycles. The largest absolute Gasteiger partial charge is 0.367 e. The second kappa shape index (κ2) is 6.87. The first-order valence-electron chi connectivity index (χ1n) is 10.5. The lowest BCUT2D eigenvalue weighted by Crippen LogP contribution is -2.54. The maximum atomic E-state index is 12.9. The van der Waals surface area contributed by atoms with Crippen LogP contribution in [0.5, 0.6) is 0 Å². The third-order valence-corrected chi connectivity index (χ3v) is 6.84. The van der Waals surface area contributed by atoms with Crippen LogP contribution in [0.15, 0.2) is 24.4 Å². The Balaban J connectivity index is 1.11. The molecule has 4 bridgehead atoms. The zero-order chi connectivity index (χ0) is 19.1. The van der Waals surface area contributed by atoms with Crippen molar-refractivity contribution in [1.29, 1.82) is 0 Å². The summed E-state index contributed by atoms with van der Waals surface area (Å²) < 4.78 is 1.71. The smallest absolute Gasteiger partial charge is 0.226 e. The lowest BCUT2D eigenvalue weighted by Gasteiger charge is -2.55. The Morgan fingerprint density at radius 1 is 1.07 bits per heavy atom. The Bertz CT molecular complexity index is 823. The zero-order valence-electron chi connectivity index (χ0n) is 16.4. The predicted molar refractivity (Wildman–Crippen MR) is 106 cm³/mol. The van der Waals surface area contributed by atoms with Crippen molar-refractivity contribution in [1.82, 2.24) is 25.3 Å². The fourth-order valence-corrected chi connectivity index (χ4v) is 6.03. The molecule has 4 aliphatic rings. The minimum atomic E-state index is -0.0713. The highest BCUT2D eigenvalue weighted by molar-refractivity contribution is 5.83. The Kier molecular flexibility index (Phi) is 4.33. The Morgan fingerprint density at radius 2 is 1.79 bits per heavy atom. The quantitative estimate of drug-likeness (QED) is 0.753. The van der Waals surface area contributed by atoms with Crippen molar-refractivity contribution >= 4 is 11.7 Å². The normalized spacial score (nSPS) is 30.4. The molecule has 2 aromatic heterocycles. The van der Waals surface area contributed by atoms with Gasteiger partial charge in [0.15, 0.2) is 5.82 Å². The average molecular weight is 380 g/mol. The van der Waals surface area contributed by atoms with E-state index in [1.54, 1.807) is 4.68 Å². The van der Waals surface area contributed by atoms with Gasteiger partial charge in [-0.05, 0) is 81.4 Å². The van der Waals surface area contributed by atoms with Crippen molar-refractivity contribution < 1.29 is 4.79 Å². The molecule has 0 spiro atoms. The van der Waals surface area contributed by atoms with Gasteiger partial charge < -0.3 is 10.6 Å². The van der Waals surface area contributed by atoms with Crippen molar-refractivity contribution in [3.8, 4) is 5.82 Å². The van der Waals surface area contributed by atoms with E-state index >= 15 is 0 Å². The maximum Gasteiger partial charge on any atom is 0.226 e. The lowest BCUT2D eigenvalue weighted by atomic mass is 9.49. The molecule has 2 aromatic rings. The van der Waals surface area contributed by atoms with Crippen LogP contribution in [-0.2, 0) is 4.79 Å². The third kappa shape index (κ3) is 3.27. The standard InChI is InChI=1S/C21H28N6O/c1-14-4-7-27(26-14)19-3-2-18(24-25-19)22-5-6-23-20(28)21-11-15-8-16(12-21)10-17(9-15)13-21/h2-4,7,15-17H,5-6,8-13H2,1H3,(H,22,24)(H,23,28). The molecule has 2 heterocycles. The molecule has 0 radical (unpaired) electrons. The number of aryl methyl sites for hydroxylation is 1. The average Bonchev–Trinajstić information content (AvgIpc) is 3.11. The monoisotopic (exact) mass is 380 g/mol. The summed E-state index contributed by atoms with van der Waals surface area (Å²) in [6.07, 6.45) is 9.28. The highest BCUT2D eigenvalue weighted by Gasteiger charge is 2.54.